The number of rotatable bonds is 6. The van der Waals surface area contributed by atoms with Gasteiger partial charge in [-0.15, -0.1) is 0 Å². The van der Waals surface area contributed by atoms with Crippen LogP contribution in [0.15, 0.2) is 18.2 Å². The molecule has 5 heteroatoms. The zero-order valence-corrected chi connectivity index (χ0v) is 11.7. The van der Waals surface area contributed by atoms with Gasteiger partial charge in [-0.3, -0.25) is 4.79 Å². The van der Waals surface area contributed by atoms with Crippen LogP contribution in [0.2, 0.25) is 0 Å². The Labute approximate surface area is 117 Å². The van der Waals surface area contributed by atoms with E-state index in [1.54, 1.807) is 0 Å². The zero-order valence-electron chi connectivity index (χ0n) is 11.7. The monoisotopic (exact) mass is 277 g/mol. The SMILES string of the molecule is Cc1ccc(C)c(OCC(=O)NC(C(=O)O)C2CC2)c1. The number of carbonyl (C=O) groups excluding carboxylic acids is 1. The smallest absolute Gasteiger partial charge is 0.326 e. The first kappa shape index (κ1) is 14.4. The average molecular weight is 277 g/mol. The van der Waals surface area contributed by atoms with Crippen LogP contribution in [0.5, 0.6) is 5.75 Å². The summed E-state index contributed by atoms with van der Waals surface area (Å²) in [6.45, 7) is 3.68. The lowest BCUT2D eigenvalue weighted by Gasteiger charge is -2.14. The van der Waals surface area contributed by atoms with Gasteiger partial charge in [0.1, 0.15) is 11.8 Å². The first-order valence-electron chi connectivity index (χ1n) is 6.69. The number of amides is 1. The van der Waals surface area contributed by atoms with Gasteiger partial charge in [-0.25, -0.2) is 4.79 Å². The maximum atomic E-state index is 11.8. The molecule has 0 aromatic heterocycles. The topological polar surface area (TPSA) is 75.6 Å². The van der Waals surface area contributed by atoms with E-state index in [0.717, 1.165) is 24.0 Å². The first-order valence-corrected chi connectivity index (χ1v) is 6.69. The Balaban J connectivity index is 1.88. The molecule has 108 valence electrons. The van der Waals surface area contributed by atoms with Gasteiger partial charge in [0.05, 0.1) is 0 Å². The number of carbonyl (C=O) groups is 2. The van der Waals surface area contributed by atoms with E-state index >= 15 is 0 Å². The van der Waals surface area contributed by atoms with Gasteiger partial charge in [-0.2, -0.15) is 0 Å². The van der Waals surface area contributed by atoms with Gasteiger partial charge in [0.25, 0.3) is 5.91 Å². The predicted octanol–water partition coefficient (Wildman–Crippen LogP) is 1.66. The molecule has 1 aliphatic carbocycles. The van der Waals surface area contributed by atoms with Crippen molar-refractivity contribution < 1.29 is 19.4 Å². The summed E-state index contributed by atoms with van der Waals surface area (Å²) in [4.78, 5) is 22.8. The van der Waals surface area contributed by atoms with Gasteiger partial charge in [0, 0.05) is 0 Å². The first-order chi connectivity index (χ1) is 9.47. The lowest BCUT2D eigenvalue weighted by Crippen LogP contribution is -2.44. The highest BCUT2D eigenvalue weighted by Gasteiger charge is 2.37. The molecule has 0 aliphatic heterocycles. The number of carboxylic acid groups (broad SMARTS) is 1. The van der Waals surface area contributed by atoms with E-state index in [2.05, 4.69) is 5.32 Å². The molecule has 0 saturated heterocycles. The molecular formula is C15H19NO4. The molecule has 1 saturated carbocycles. The maximum absolute atomic E-state index is 11.8. The fourth-order valence-electron chi connectivity index (χ4n) is 2.03. The van der Waals surface area contributed by atoms with E-state index in [0.29, 0.717) is 5.75 Å². The number of aliphatic carboxylic acids is 1. The third-order valence-electron chi connectivity index (χ3n) is 3.38. The van der Waals surface area contributed by atoms with Gasteiger partial charge in [0.2, 0.25) is 0 Å². The molecule has 1 unspecified atom stereocenters. The largest absolute Gasteiger partial charge is 0.483 e. The van der Waals surface area contributed by atoms with Crippen molar-refractivity contribution >= 4 is 11.9 Å². The molecule has 5 nitrogen and oxygen atoms in total. The highest BCUT2D eigenvalue weighted by atomic mass is 16.5. The van der Waals surface area contributed by atoms with Crippen molar-refractivity contribution in [2.75, 3.05) is 6.61 Å². The summed E-state index contributed by atoms with van der Waals surface area (Å²) in [6, 6.07) is 4.96. The molecule has 0 heterocycles. The summed E-state index contributed by atoms with van der Waals surface area (Å²) < 4.78 is 5.46. The highest BCUT2D eigenvalue weighted by Crippen LogP contribution is 2.32. The van der Waals surface area contributed by atoms with Crippen LogP contribution in [0.1, 0.15) is 24.0 Å². The second-order valence-electron chi connectivity index (χ2n) is 5.28. The molecule has 1 aromatic carbocycles. The zero-order chi connectivity index (χ0) is 14.7. The van der Waals surface area contributed by atoms with Crippen LogP contribution in [0.3, 0.4) is 0 Å². The van der Waals surface area contributed by atoms with Gasteiger partial charge < -0.3 is 15.2 Å². The number of carboxylic acids is 1. The molecule has 2 rings (SSSR count). The highest BCUT2D eigenvalue weighted by molar-refractivity contribution is 5.84. The van der Waals surface area contributed by atoms with Crippen molar-refractivity contribution in [2.45, 2.75) is 32.7 Å². The Morgan fingerprint density at radius 2 is 2.10 bits per heavy atom. The quantitative estimate of drug-likeness (QED) is 0.829. The standard InChI is InChI=1S/C15H19NO4/c1-9-3-4-10(2)12(7-9)20-8-13(17)16-14(15(18)19)11-5-6-11/h3-4,7,11,14H,5-6,8H2,1-2H3,(H,16,17)(H,18,19). The minimum absolute atomic E-state index is 0.0668. The third-order valence-corrected chi connectivity index (χ3v) is 3.38. The van der Waals surface area contributed by atoms with Crippen molar-refractivity contribution in [1.29, 1.82) is 0 Å². The molecule has 20 heavy (non-hydrogen) atoms. The van der Waals surface area contributed by atoms with Gasteiger partial charge >= 0.3 is 5.97 Å². The fourth-order valence-corrected chi connectivity index (χ4v) is 2.03. The van der Waals surface area contributed by atoms with Crippen LogP contribution in [-0.4, -0.2) is 29.6 Å². The summed E-state index contributed by atoms with van der Waals surface area (Å²) in [5, 5.41) is 11.6. The average Bonchev–Trinajstić information content (AvgIpc) is 3.21. The van der Waals surface area contributed by atoms with Crippen LogP contribution in [-0.2, 0) is 9.59 Å². The van der Waals surface area contributed by atoms with Crippen LogP contribution < -0.4 is 10.1 Å². The molecule has 1 amide bonds. The Morgan fingerprint density at radius 1 is 1.40 bits per heavy atom. The van der Waals surface area contributed by atoms with Gasteiger partial charge in [-0.1, -0.05) is 12.1 Å². The molecule has 1 fully saturated rings. The number of ether oxygens (including phenoxy) is 1. The van der Waals surface area contributed by atoms with Crippen molar-refractivity contribution in [3.8, 4) is 5.75 Å². The van der Waals surface area contributed by atoms with E-state index in [4.69, 9.17) is 9.84 Å². The van der Waals surface area contributed by atoms with Crippen molar-refractivity contribution in [2.24, 2.45) is 5.92 Å². The molecular weight excluding hydrogens is 258 g/mol. The minimum Gasteiger partial charge on any atom is -0.483 e. The van der Waals surface area contributed by atoms with E-state index < -0.39 is 17.9 Å². The lowest BCUT2D eigenvalue weighted by molar-refractivity contribution is -0.142. The molecule has 0 radical (unpaired) electrons. The number of benzene rings is 1. The number of hydrogen-bond donors (Lipinski definition) is 2. The maximum Gasteiger partial charge on any atom is 0.326 e. The van der Waals surface area contributed by atoms with Crippen LogP contribution in [0, 0.1) is 19.8 Å². The molecule has 1 aliphatic rings. The van der Waals surface area contributed by atoms with E-state index in [1.807, 2.05) is 32.0 Å². The predicted molar refractivity (Wildman–Crippen MR) is 73.7 cm³/mol. The van der Waals surface area contributed by atoms with E-state index in [9.17, 15) is 9.59 Å². The molecule has 1 atom stereocenters. The Hall–Kier alpha value is -2.04. The van der Waals surface area contributed by atoms with Gasteiger partial charge in [0.15, 0.2) is 6.61 Å². The second-order valence-corrected chi connectivity index (χ2v) is 5.28. The number of aryl methyl sites for hydroxylation is 2. The Bertz CT molecular complexity index is 523. The second kappa shape index (κ2) is 5.94. The summed E-state index contributed by atoms with van der Waals surface area (Å²) >= 11 is 0. The van der Waals surface area contributed by atoms with E-state index in [-0.39, 0.29) is 12.5 Å². The summed E-state index contributed by atoms with van der Waals surface area (Å²) in [5.41, 5.74) is 1.99. The lowest BCUT2D eigenvalue weighted by atomic mass is 10.1. The van der Waals surface area contributed by atoms with Crippen molar-refractivity contribution in [3.63, 3.8) is 0 Å². The van der Waals surface area contributed by atoms with Crippen LogP contribution in [0.25, 0.3) is 0 Å². The third kappa shape index (κ3) is 3.73. The molecule has 2 N–H and O–H groups in total. The molecule has 0 bridgehead atoms. The molecule has 1 aromatic rings. The van der Waals surface area contributed by atoms with E-state index in [1.165, 1.54) is 0 Å². The Morgan fingerprint density at radius 3 is 2.70 bits per heavy atom. The number of nitrogens with one attached hydrogen (secondary N) is 1. The Kier molecular flexibility index (Phi) is 4.27. The summed E-state index contributed by atoms with van der Waals surface area (Å²) in [7, 11) is 0. The number of hydrogen-bond acceptors (Lipinski definition) is 3. The fraction of sp³-hybridized carbons (Fsp3) is 0.467. The normalized spacial score (nSPS) is 15.5. The van der Waals surface area contributed by atoms with Crippen molar-refractivity contribution in [1.82, 2.24) is 5.32 Å². The summed E-state index contributed by atoms with van der Waals surface area (Å²) in [6.07, 6.45) is 1.71. The van der Waals surface area contributed by atoms with Crippen LogP contribution >= 0.6 is 0 Å². The summed E-state index contributed by atoms with van der Waals surface area (Å²) in [5.74, 6) is -0.659. The van der Waals surface area contributed by atoms with Gasteiger partial charge in [-0.05, 0) is 49.8 Å². The van der Waals surface area contributed by atoms with Crippen molar-refractivity contribution in [3.05, 3.63) is 29.3 Å². The molecule has 0 spiro atoms. The minimum atomic E-state index is -0.979. The van der Waals surface area contributed by atoms with Crippen LogP contribution in [0.4, 0.5) is 0 Å².